The van der Waals surface area contributed by atoms with Gasteiger partial charge < -0.3 is 4.57 Å². The minimum Gasteiger partial charge on any atom is -0.311 e. The number of halogens is 3. The molecule has 0 saturated carbocycles. The fraction of sp³-hybridized carbons (Fsp3) is 0.385. The van der Waals surface area contributed by atoms with E-state index in [4.69, 9.17) is 11.6 Å². The molecule has 0 amide bonds. The van der Waals surface area contributed by atoms with E-state index in [0.29, 0.717) is 11.6 Å². The lowest BCUT2D eigenvalue weighted by Crippen LogP contribution is -2.10. The van der Waals surface area contributed by atoms with Gasteiger partial charge in [0.25, 0.3) is 0 Å². The van der Waals surface area contributed by atoms with Crippen LogP contribution in [0, 0.1) is 11.6 Å². The second kappa shape index (κ2) is 5.65. The molecule has 6 heteroatoms. The molecule has 1 aromatic heterocycles. The number of aromatic nitrogens is 3. The molecule has 0 bridgehead atoms. The molecule has 1 heterocycles. The lowest BCUT2D eigenvalue weighted by Gasteiger charge is -2.13. The zero-order valence-electron chi connectivity index (χ0n) is 10.7. The van der Waals surface area contributed by atoms with Crippen molar-refractivity contribution in [1.29, 1.82) is 0 Å². The van der Waals surface area contributed by atoms with Crippen molar-refractivity contribution in [1.82, 2.24) is 14.8 Å². The molecule has 0 N–H and O–H groups in total. The minimum absolute atomic E-state index is 0.107. The van der Waals surface area contributed by atoms with Gasteiger partial charge in [0.2, 0.25) is 0 Å². The Morgan fingerprint density at radius 2 is 1.89 bits per heavy atom. The molecule has 2 aromatic rings. The summed E-state index contributed by atoms with van der Waals surface area (Å²) in [6, 6.07) is 4.22. The normalized spacial score (nSPS) is 11.3. The molecule has 0 aliphatic rings. The zero-order chi connectivity index (χ0) is 14.0. The van der Waals surface area contributed by atoms with E-state index in [9.17, 15) is 8.78 Å². The number of nitrogens with zero attached hydrogens (tertiary/aromatic N) is 3. The van der Waals surface area contributed by atoms with E-state index < -0.39 is 11.6 Å². The number of alkyl halides is 1. The highest BCUT2D eigenvalue weighted by molar-refractivity contribution is 6.16. The van der Waals surface area contributed by atoms with Gasteiger partial charge in [-0.3, -0.25) is 0 Å². The van der Waals surface area contributed by atoms with Crippen LogP contribution in [0.1, 0.15) is 37.1 Å². The van der Waals surface area contributed by atoms with Gasteiger partial charge in [0.1, 0.15) is 11.6 Å². The lowest BCUT2D eigenvalue weighted by molar-refractivity contribution is 0.497. The monoisotopic (exact) mass is 285 g/mol. The molecule has 19 heavy (non-hydrogen) atoms. The van der Waals surface area contributed by atoms with Gasteiger partial charge in [-0.1, -0.05) is 12.1 Å². The van der Waals surface area contributed by atoms with Crippen molar-refractivity contribution >= 4 is 11.6 Å². The Hall–Kier alpha value is -1.49. The smallest absolute Gasteiger partial charge is 0.162 e. The summed E-state index contributed by atoms with van der Waals surface area (Å²) >= 11 is 5.79. The molecule has 102 valence electrons. The lowest BCUT2D eigenvalue weighted by atomic mass is 10.1. The molecular formula is C13H14ClF2N3. The van der Waals surface area contributed by atoms with Crippen molar-refractivity contribution in [2.45, 2.75) is 32.2 Å². The predicted molar refractivity (Wildman–Crippen MR) is 69.1 cm³/mol. The van der Waals surface area contributed by atoms with Crippen molar-refractivity contribution in [2.24, 2.45) is 0 Å². The summed E-state index contributed by atoms with van der Waals surface area (Å²) in [6.45, 7) is 3.93. The second-order valence-corrected chi connectivity index (χ2v) is 4.79. The highest BCUT2D eigenvalue weighted by atomic mass is 35.5. The van der Waals surface area contributed by atoms with E-state index >= 15 is 0 Å². The van der Waals surface area contributed by atoms with Crippen molar-refractivity contribution < 1.29 is 8.78 Å². The number of hydrogen-bond donors (Lipinski definition) is 0. The maximum atomic E-state index is 13.7. The summed E-state index contributed by atoms with van der Waals surface area (Å²) in [5.41, 5.74) is 0.260. The van der Waals surface area contributed by atoms with Gasteiger partial charge in [-0.15, -0.1) is 21.8 Å². The predicted octanol–water partition coefficient (Wildman–Crippen LogP) is 3.47. The molecule has 0 atom stereocenters. The Morgan fingerprint density at radius 1 is 1.21 bits per heavy atom. The van der Waals surface area contributed by atoms with E-state index in [-0.39, 0.29) is 23.9 Å². The van der Waals surface area contributed by atoms with Crippen LogP contribution in [0.5, 0.6) is 0 Å². The molecular weight excluding hydrogens is 272 g/mol. The Labute approximate surface area is 115 Å². The Kier molecular flexibility index (Phi) is 4.14. The van der Waals surface area contributed by atoms with Gasteiger partial charge in [-0.05, 0) is 25.5 Å². The minimum atomic E-state index is -0.856. The highest BCUT2D eigenvalue weighted by Crippen LogP contribution is 2.19. The van der Waals surface area contributed by atoms with Crippen LogP contribution in [-0.2, 0) is 12.3 Å². The molecule has 0 fully saturated rings. The maximum absolute atomic E-state index is 13.7. The second-order valence-electron chi connectivity index (χ2n) is 4.52. The van der Waals surface area contributed by atoms with Crippen LogP contribution in [0.15, 0.2) is 18.2 Å². The van der Waals surface area contributed by atoms with E-state index in [0.717, 1.165) is 6.07 Å². The quantitative estimate of drug-likeness (QED) is 0.806. The standard InChI is InChI=1S/C13H14ClF2N3/c1-8(2)19-11(17-18-12(19)7-14)6-9-4-3-5-10(15)13(9)16/h3-5,8H,6-7H2,1-2H3. The molecule has 0 aliphatic carbocycles. The summed E-state index contributed by atoms with van der Waals surface area (Å²) in [5.74, 6) is -0.255. The van der Waals surface area contributed by atoms with E-state index in [1.165, 1.54) is 12.1 Å². The first-order valence-electron chi connectivity index (χ1n) is 5.96. The third-order valence-corrected chi connectivity index (χ3v) is 3.09. The molecule has 0 saturated heterocycles. The molecule has 3 nitrogen and oxygen atoms in total. The fourth-order valence-corrected chi connectivity index (χ4v) is 2.21. The number of hydrogen-bond acceptors (Lipinski definition) is 2. The summed E-state index contributed by atoms with van der Waals surface area (Å²) in [7, 11) is 0. The number of benzene rings is 1. The first kappa shape index (κ1) is 13.9. The van der Waals surface area contributed by atoms with Crippen molar-refractivity contribution in [2.75, 3.05) is 0 Å². The average Bonchev–Trinajstić information content (AvgIpc) is 2.78. The van der Waals surface area contributed by atoms with Crippen molar-refractivity contribution in [3.63, 3.8) is 0 Å². The van der Waals surface area contributed by atoms with Gasteiger partial charge in [0.15, 0.2) is 11.6 Å². The Bertz CT molecular complexity index is 581. The van der Waals surface area contributed by atoms with Crippen LogP contribution in [0.3, 0.4) is 0 Å². The third-order valence-electron chi connectivity index (χ3n) is 2.85. The van der Waals surface area contributed by atoms with Gasteiger partial charge >= 0.3 is 0 Å². The fourth-order valence-electron chi connectivity index (χ4n) is 2.02. The highest BCUT2D eigenvalue weighted by Gasteiger charge is 2.16. The topological polar surface area (TPSA) is 30.7 Å². The van der Waals surface area contributed by atoms with Crippen LogP contribution in [0.2, 0.25) is 0 Å². The van der Waals surface area contributed by atoms with E-state index in [1.807, 2.05) is 18.4 Å². The first-order valence-corrected chi connectivity index (χ1v) is 6.49. The third kappa shape index (κ3) is 2.76. The van der Waals surface area contributed by atoms with Crippen LogP contribution in [-0.4, -0.2) is 14.8 Å². The molecule has 1 aromatic carbocycles. The van der Waals surface area contributed by atoms with Crippen molar-refractivity contribution in [3.05, 3.63) is 47.0 Å². The van der Waals surface area contributed by atoms with Gasteiger partial charge in [-0.2, -0.15) is 0 Å². The summed E-state index contributed by atoms with van der Waals surface area (Å²) < 4.78 is 28.7. The summed E-state index contributed by atoms with van der Waals surface area (Å²) in [5, 5.41) is 7.98. The zero-order valence-corrected chi connectivity index (χ0v) is 11.5. The van der Waals surface area contributed by atoms with Crippen LogP contribution in [0.25, 0.3) is 0 Å². The average molecular weight is 286 g/mol. The largest absolute Gasteiger partial charge is 0.311 e. The molecule has 0 spiro atoms. The van der Waals surface area contributed by atoms with Crippen LogP contribution < -0.4 is 0 Å². The van der Waals surface area contributed by atoms with Crippen LogP contribution >= 0.6 is 11.6 Å². The molecule has 0 radical (unpaired) electrons. The first-order chi connectivity index (χ1) is 9.04. The van der Waals surface area contributed by atoms with Gasteiger partial charge in [0.05, 0.1) is 5.88 Å². The SMILES string of the molecule is CC(C)n1c(CCl)nnc1Cc1cccc(F)c1F. The Balaban J connectivity index is 2.38. The van der Waals surface area contributed by atoms with Crippen molar-refractivity contribution in [3.8, 4) is 0 Å². The number of rotatable bonds is 4. The molecule has 0 aliphatic heterocycles. The summed E-state index contributed by atoms with van der Waals surface area (Å²) in [6.07, 6.45) is 0.186. The Morgan fingerprint density at radius 3 is 2.53 bits per heavy atom. The van der Waals surface area contributed by atoms with Gasteiger partial charge in [0, 0.05) is 12.5 Å². The molecule has 2 rings (SSSR count). The van der Waals surface area contributed by atoms with Gasteiger partial charge in [-0.25, -0.2) is 8.78 Å². The maximum Gasteiger partial charge on any atom is 0.162 e. The van der Waals surface area contributed by atoms with E-state index in [1.54, 1.807) is 0 Å². The van der Waals surface area contributed by atoms with Crippen LogP contribution in [0.4, 0.5) is 8.78 Å². The molecule has 0 unspecified atom stereocenters. The van der Waals surface area contributed by atoms with E-state index in [2.05, 4.69) is 10.2 Å². The summed E-state index contributed by atoms with van der Waals surface area (Å²) in [4.78, 5) is 0.